The molecule has 0 aromatic rings. The molecule has 2 atom stereocenters. The van der Waals surface area contributed by atoms with Crippen LogP contribution in [0.3, 0.4) is 0 Å². The fourth-order valence-corrected chi connectivity index (χ4v) is 8.86. The van der Waals surface area contributed by atoms with Crippen LogP contribution in [0, 0.1) is 11.3 Å². The summed E-state index contributed by atoms with van der Waals surface area (Å²) in [7, 11) is 0. The zero-order valence-corrected chi connectivity index (χ0v) is 17.0. The molecule has 2 N–H and O–H groups in total. The second-order valence-corrected chi connectivity index (χ2v) is 10.8. The minimum absolute atomic E-state index is 0.557. The standard InChI is InChI=1S/C13H27N2.2C3H7.Al/c1-4-14-10-12-8-6-7-9-13(12,3)11-15-5-2;2*1-3-2;/h12,14-15H,3-11H2,1-2H3;2*1,3H2,2H3;. The molecule has 0 amide bonds. The highest BCUT2D eigenvalue weighted by Gasteiger charge is 2.42. The van der Waals surface area contributed by atoms with Gasteiger partial charge in [-0.1, -0.05) is 69.2 Å². The van der Waals surface area contributed by atoms with Crippen LogP contribution in [0.15, 0.2) is 0 Å². The Bertz CT molecular complexity index is 266. The molecule has 3 heteroatoms. The molecule has 0 heterocycles. The van der Waals surface area contributed by atoms with E-state index in [1.165, 1.54) is 51.6 Å². The molecular weight excluding hydrogens is 283 g/mol. The van der Waals surface area contributed by atoms with Crippen LogP contribution in [0.4, 0.5) is 0 Å². The van der Waals surface area contributed by atoms with Gasteiger partial charge in [-0.2, -0.15) is 0 Å². The van der Waals surface area contributed by atoms with Crippen molar-refractivity contribution in [2.45, 2.75) is 82.1 Å². The predicted molar refractivity (Wildman–Crippen MR) is 102 cm³/mol. The summed E-state index contributed by atoms with van der Waals surface area (Å²) in [4.78, 5) is 0. The summed E-state index contributed by atoms with van der Waals surface area (Å²) in [6.45, 7) is 14.1. The van der Waals surface area contributed by atoms with Crippen molar-refractivity contribution in [2.75, 3.05) is 26.2 Å². The molecular formula is C19H41AlN2. The molecule has 2 unspecified atom stereocenters. The van der Waals surface area contributed by atoms with Gasteiger partial charge >= 0.3 is 0 Å². The normalized spacial score (nSPS) is 25.4. The van der Waals surface area contributed by atoms with E-state index in [-0.39, 0.29) is 0 Å². The van der Waals surface area contributed by atoms with Gasteiger partial charge in [-0.05, 0) is 50.4 Å². The van der Waals surface area contributed by atoms with E-state index in [4.69, 9.17) is 0 Å². The van der Waals surface area contributed by atoms with Crippen molar-refractivity contribution < 1.29 is 0 Å². The lowest BCUT2D eigenvalue weighted by Gasteiger charge is -2.46. The van der Waals surface area contributed by atoms with Crippen LogP contribution in [0.25, 0.3) is 0 Å². The van der Waals surface area contributed by atoms with Gasteiger partial charge in [0.1, 0.15) is 0 Å². The molecule has 2 nitrogen and oxygen atoms in total. The van der Waals surface area contributed by atoms with Crippen molar-refractivity contribution in [3.63, 3.8) is 0 Å². The summed E-state index contributed by atoms with van der Waals surface area (Å²) in [5.74, 6) is 0.906. The van der Waals surface area contributed by atoms with E-state index < -0.39 is 14.1 Å². The highest BCUT2D eigenvalue weighted by atomic mass is 27.2. The van der Waals surface area contributed by atoms with Gasteiger partial charge in [0.15, 0.2) is 0 Å². The Morgan fingerprint density at radius 2 is 1.64 bits per heavy atom. The molecule has 0 aliphatic heterocycles. The Hall–Kier alpha value is 0.452. The third kappa shape index (κ3) is 6.52. The van der Waals surface area contributed by atoms with Crippen LogP contribution < -0.4 is 10.6 Å². The highest BCUT2D eigenvalue weighted by Crippen LogP contribution is 2.45. The fourth-order valence-electron chi connectivity index (χ4n) is 4.70. The molecule has 0 radical (unpaired) electrons. The quantitative estimate of drug-likeness (QED) is 0.509. The van der Waals surface area contributed by atoms with E-state index in [1.807, 2.05) is 0 Å². The third-order valence-electron chi connectivity index (χ3n) is 5.80. The first-order valence-corrected chi connectivity index (χ1v) is 12.6. The van der Waals surface area contributed by atoms with Crippen LogP contribution >= 0.6 is 0 Å². The van der Waals surface area contributed by atoms with Gasteiger partial charge in [0.05, 0.1) is 0 Å². The van der Waals surface area contributed by atoms with Crippen LogP contribution in [-0.4, -0.2) is 40.3 Å². The molecule has 0 aromatic heterocycles. The van der Waals surface area contributed by atoms with Crippen molar-refractivity contribution in [2.24, 2.45) is 11.3 Å². The van der Waals surface area contributed by atoms with Gasteiger partial charge in [-0.25, -0.2) is 0 Å². The number of hydrogen-bond acceptors (Lipinski definition) is 2. The molecule has 1 aliphatic carbocycles. The molecule has 0 spiro atoms. The van der Waals surface area contributed by atoms with Crippen LogP contribution in [-0.2, 0) is 0 Å². The minimum Gasteiger partial charge on any atom is -0.317 e. The summed E-state index contributed by atoms with van der Waals surface area (Å²) in [5, 5.41) is 12.1. The van der Waals surface area contributed by atoms with E-state index in [9.17, 15) is 0 Å². The summed E-state index contributed by atoms with van der Waals surface area (Å²) >= 11 is -0.557. The summed E-state index contributed by atoms with van der Waals surface area (Å²) in [5.41, 5.74) is 0.609. The lowest BCUT2D eigenvalue weighted by molar-refractivity contribution is 0.111. The van der Waals surface area contributed by atoms with Crippen LogP contribution in [0.1, 0.15) is 66.2 Å². The summed E-state index contributed by atoms with van der Waals surface area (Å²) in [6, 6.07) is 0. The average Bonchev–Trinajstić information content (AvgIpc) is 2.53. The molecule has 0 saturated heterocycles. The molecule has 130 valence electrons. The van der Waals surface area contributed by atoms with Gasteiger partial charge in [-0.3, -0.25) is 0 Å². The van der Waals surface area contributed by atoms with Gasteiger partial charge in [0.2, 0.25) is 0 Å². The fraction of sp³-hybridized carbons (Fsp3) is 1.00. The van der Waals surface area contributed by atoms with Gasteiger partial charge in [-0.15, -0.1) is 0 Å². The number of rotatable bonds is 12. The molecule has 1 aliphatic rings. The SMILES string of the molecule is CC[CH2][Al]([CH2]CC)[CH2]C1(CNCC)CCCCC1CNCC. The Kier molecular flexibility index (Phi) is 11.1. The van der Waals surface area contributed by atoms with E-state index in [0.29, 0.717) is 5.41 Å². The van der Waals surface area contributed by atoms with E-state index in [2.05, 4.69) is 38.3 Å². The maximum absolute atomic E-state index is 3.75. The minimum atomic E-state index is -0.557. The zero-order chi connectivity index (χ0) is 16.3. The van der Waals surface area contributed by atoms with Crippen molar-refractivity contribution in [1.29, 1.82) is 0 Å². The second kappa shape index (κ2) is 11.9. The van der Waals surface area contributed by atoms with Gasteiger partial charge < -0.3 is 10.6 Å². The first-order valence-electron chi connectivity index (χ1n) is 10.1. The summed E-state index contributed by atoms with van der Waals surface area (Å²) < 4.78 is 0. The third-order valence-corrected chi connectivity index (χ3v) is 9.98. The smallest absolute Gasteiger partial charge is 0.262 e. The first kappa shape index (κ1) is 20.5. The van der Waals surface area contributed by atoms with E-state index in [0.717, 1.165) is 19.0 Å². The number of hydrogen-bond donors (Lipinski definition) is 2. The van der Waals surface area contributed by atoms with E-state index in [1.54, 1.807) is 15.8 Å². The Morgan fingerprint density at radius 3 is 2.23 bits per heavy atom. The highest BCUT2D eigenvalue weighted by molar-refractivity contribution is 6.58. The van der Waals surface area contributed by atoms with Crippen LogP contribution in [0.5, 0.6) is 0 Å². The van der Waals surface area contributed by atoms with Crippen molar-refractivity contribution in [3.05, 3.63) is 0 Å². The Morgan fingerprint density at radius 1 is 0.955 bits per heavy atom. The lowest BCUT2D eigenvalue weighted by atomic mass is 9.67. The molecule has 1 fully saturated rings. The molecule has 0 bridgehead atoms. The lowest BCUT2D eigenvalue weighted by Crippen LogP contribution is -2.48. The van der Waals surface area contributed by atoms with Crippen molar-refractivity contribution in [3.8, 4) is 0 Å². The predicted octanol–water partition coefficient (Wildman–Crippen LogP) is 4.70. The molecule has 1 rings (SSSR count). The molecule has 22 heavy (non-hydrogen) atoms. The Balaban J connectivity index is 2.82. The zero-order valence-electron chi connectivity index (χ0n) is 15.8. The van der Waals surface area contributed by atoms with E-state index >= 15 is 0 Å². The van der Waals surface area contributed by atoms with Crippen molar-refractivity contribution in [1.82, 2.24) is 10.6 Å². The maximum atomic E-state index is 3.75. The van der Waals surface area contributed by atoms with Crippen molar-refractivity contribution >= 4 is 14.1 Å². The first-order chi connectivity index (χ1) is 10.7. The summed E-state index contributed by atoms with van der Waals surface area (Å²) in [6.07, 6.45) is 8.67. The van der Waals surface area contributed by atoms with Crippen LogP contribution in [0.2, 0.25) is 15.8 Å². The second-order valence-electron chi connectivity index (χ2n) is 7.54. The maximum Gasteiger partial charge on any atom is 0.262 e. The monoisotopic (exact) mass is 324 g/mol. The average molecular weight is 325 g/mol. The Labute approximate surface area is 144 Å². The molecule has 1 saturated carbocycles. The topological polar surface area (TPSA) is 24.1 Å². The molecule has 0 aromatic carbocycles. The largest absolute Gasteiger partial charge is 0.317 e. The van der Waals surface area contributed by atoms with Gasteiger partial charge in [0, 0.05) is 0 Å². The van der Waals surface area contributed by atoms with Gasteiger partial charge in [0.25, 0.3) is 14.1 Å². The number of nitrogens with one attached hydrogen (secondary N) is 2.